The van der Waals surface area contributed by atoms with Crippen molar-refractivity contribution in [2.75, 3.05) is 0 Å². The van der Waals surface area contributed by atoms with Crippen molar-refractivity contribution in [3.63, 3.8) is 0 Å². The monoisotopic (exact) mass is 220 g/mol. The maximum Gasteiger partial charge on any atom is 0 e. The Bertz CT molecular complexity index is 62.2. The molecule has 0 heterocycles. The molecule has 0 saturated carbocycles. The van der Waals surface area contributed by atoms with Crippen molar-refractivity contribution in [2.24, 2.45) is 0 Å². The molecule has 8 heavy (non-hydrogen) atoms. The topological polar surface area (TPSA) is 77.8 Å². The molecule has 0 aliphatic carbocycles. The molecule has 8 heteroatoms. The molecule has 0 aromatic heterocycles. The molecule has 0 bridgehead atoms. The maximum atomic E-state index is 8.88. The minimum absolute atomic E-state index is 0. The van der Waals surface area contributed by atoms with Crippen LogP contribution in [-0.4, -0.2) is 33.5 Å². The average Bonchev–Trinajstić information content (AvgIpc) is 0.722. The van der Waals surface area contributed by atoms with E-state index in [1.54, 1.807) is 0 Å². The second kappa shape index (κ2) is 8.73. The van der Waals surface area contributed by atoms with Crippen LogP contribution in [0.4, 0.5) is 0 Å². The van der Waals surface area contributed by atoms with Crippen LogP contribution in [0.15, 0.2) is 0 Å². The van der Waals surface area contributed by atoms with Crippen LogP contribution in [0.5, 0.6) is 0 Å². The third-order valence-corrected chi connectivity index (χ3v) is 0. The van der Waals surface area contributed by atoms with Gasteiger partial charge < -0.3 is 14.7 Å². The van der Waals surface area contributed by atoms with Crippen LogP contribution >= 0.6 is 7.82 Å². The Balaban J connectivity index is -0.0000000267. The van der Waals surface area contributed by atoms with Crippen molar-refractivity contribution in [3.8, 4) is 0 Å². The molecule has 4 nitrogen and oxygen atoms in total. The quantitative estimate of drug-likeness (QED) is 0.340. The summed E-state index contributed by atoms with van der Waals surface area (Å²) in [7, 11) is -4.64. The van der Waals surface area contributed by atoms with Crippen molar-refractivity contribution >= 4 is 26.7 Å². The van der Waals surface area contributed by atoms with Crippen molar-refractivity contribution in [1.29, 1.82) is 0 Å². The molecule has 0 rings (SSSR count). The second-order valence-corrected chi connectivity index (χ2v) is 1.54. The summed E-state index contributed by atoms with van der Waals surface area (Å²) in [5.74, 6) is 0. The minimum Gasteiger partial charge on any atom is 0 e. The van der Waals surface area contributed by atoms with Gasteiger partial charge in [0.15, 0.2) is 0 Å². The van der Waals surface area contributed by atoms with Gasteiger partial charge in [-0.1, -0.05) is 0 Å². The van der Waals surface area contributed by atoms with Crippen molar-refractivity contribution < 1.29 is 53.1 Å². The van der Waals surface area contributed by atoms with E-state index in [0.717, 1.165) is 0 Å². The fourth-order valence-corrected chi connectivity index (χ4v) is 0. The van der Waals surface area contributed by atoms with E-state index < -0.39 is 7.82 Å². The standard InChI is InChI=1S/Co.Li.Mn.H3O4P.H/c;;;1-5(2,3)4;/h;;;(H3,1,2,3,4);. The Morgan fingerprint density at radius 2 is 1.12 bits per heavy atom. The summed E-state index contributed by atoms with van der Waals surface area (Å²) < 4.78 is 8.88. The van der Waals surface area contributed by atoms with Gasteiger partial charge in [-0.3, -0.25) is 0 Å². The first kappa shape index (κ1) is 22.6. The van der Waals surface area contributed by atoms with E-state index in [0.29, 0.717) is 0 Å². The molecule has 0 aliphatic heterocycles. The molecule has 2 radical (unpaired) electrons. The summed E-state index contributed by atoms with van der Waals surface area (Å²) in [6.07, 6.45) is 0. The largest absolute Gasteiger partial charge is 0 e. The fraction of sp³-hybridized carbons (Fsp3) is 0. The van der Waals surface area contributed by atoms with Gasteiger partial charge in [0.05, 0.1) is 0 Å². The fourth-order valence-electron chi connectivity index (χ4n) is 0. The first-order valence-corrected chi connectivity index (χ1v) is 2.35. The van der Waals surface area contributed by atoms with E-state index >= 15 is 0 Å². The predicted molar refractivity (Wildman–Crippen MR) is 21.4 cm³/mol. The van der Waals surface area contributed by atoms with E-state index in [-0.39, 0.29) is 52.7 Å². The molecule has 0 aliphatic rings. The van der Waals surface area contributed by atoms with Gasteiger partial charge in [-0.2, -0.15) is 0 Å². The van der Waals surface area contributed by atoms with Crippen LogP contribution in [0.3, 0.4) is 0 Å². The maximum absolute atomic E-state index is 8.88. The zero-order valence-electron chi connectivity index (χ0n) is 2.91. The Hall–Kier alpha value is 1.73. The van der Waals surface area contributed by atoms with E-state index in [1.165, 1.54) is 0 Å². The number of phosphoric acid groups is 1. The van der Waals surface area contributed by atoms with Crippen LogP contribution in [0.25, 0.3) is 0 Å². The Morgan fingerprint density at radius 3 is 1.12 bits per heavy atom. The Kier molecular flexibility index (Phi) is 24.7. The second-order valence-electron chi connectivity index (χ2n) is 0.513. The van der Waals surface area contributed by atoms with Crippen LogP contribution < -0.4 is 0 Å². The minimum atomic E-state index is -4.64. The van der Waals surface area contributed by atoms with Gasteiger partial charge in [-0.25, -0.2) is 4.57 Å². The third-order valence-electron chi connectivity index (χ3n) is 0. The molecule has 0 aromatic carbocycles. The van der Waals surface area contributed by atoms with Gasteiger partial charge in [-0.05, 0) is 0 Å². The first-order chi connectivity index (χ1) is 2.00. The third kappa shape index (κ3) is 117. The molecule has 0 fully saturated rings. The SMILES string of the molecule is O=P(O)(O)O.[Co].[LiH].[Mn]. The molecule has 0 spiro atoms. The summed E-state index contributed by atoms with van der Waals surface area (Å²) in [4.78, 5) is 21.6. The Morgan fingerprint density at radius 1 is 1.12 bits per heavy atom. The molecule has 0 aromatic rings. The summed E-state index contributed by atoms with van der Waals surface area (Å²) in [6, 6.07) is 0. The number of rotatable bonds is 0. The summed E-state index contributed by atoms with van der Waals surface area (Å²) in [6.45, 7) is 0. The van der Waals surface area contributed by atoms with Gasteiger partial charge in [0, 0.05) is 33.8 Å². The summed E-state index contributed by atoms with van der Waals surface area (Å²) in [5, 5.41) is 0. The van der Waals surface area contributed by atoms with Crippen molar-refractivity contribution in [3.05, 3.63) is 0 Å². The van der Waals surface area contributed by atoms with E-state index in [2.05, 4.69) is 0 Å². The Labute approximate surface area is 79.5 Å². The van der Waals surface area contributed by atoms with Gasteiger partial charge in [0.25, 0.3) is 0 Å². The van der Waals surface area contributed by atoms with Gasteiger partial charge in [0.1, 0.15) is 0 Å². The van der Waals surface area contributed by atoms with Crippen LogP contribution in [0, 0.1) is 0 Å². The normalized spacial score (nSPS) is 7.38. The average molecular weight is 220 g/mol. The molecule has 50 valence electrons. The molecule has 3 N–H and O–H groups in total. The van der Waals surface area contributed by atoms with E-state index in [4.69, 9.17) is 19.2 Å². The zero-order valence-corrected chi connectivity index (χ0v) is 6.02. The molecule has 0 unspecified atom stereocenters. The van der Waals surface area contributed by atoms with Crippen molar-refractivity contribution in [1.82, 2.24) is 0 Å². The molecule has 0 amide bonds. The zero-order chi connectivity index (χ0) is 4.50. The first-order valence-electron chi connectivity index (χ1n) is 0.783. The van der Waals surface area contributed by atoms with Crippen LogP contribution in [0.2, 0.25) is 0 Å². The van der Waals surface area contributed by atoms with Gasteiger partial charge >= 0.3 is 26.7 Å². The van der Waals surface area contributed by atoms with Gasteiger partial charge in [0.2, 0.25) is 0 Å². The molecular formula is H4CoLiMnO4P. The number of hydrogen-bond acceptors (Lipinski definition) is 1. The van der Waals surface area contributed by atoms with E-state index in [9.17, 15) is 0 Å². The molecular weight excluding hydrogens is 216 g/mol. The van der Waals surface area contributed by atoms with Crippen LogP contribution in [-0.2, 0) is 38.4 Å². The summed E-state index contributed by atoms with van der Waals surface area (Å²) >= 11 is 0. The summed E-state index contributed by atoms with van der Waals surface area (Å²) in [5.41, 5.74) is 0. The predicted octanol–water partition coefficient (Wildman–Crippen LogP) is -1.58. The van der Waals surface area contributed by atoms with E-state index in [1.807, 2.05) is 0 Å². The number of hydrogen-bond donors (Lipinski definition) is 3. The molecule has 0 atom stereocenters. The smallest absolute Gasteiger partial charge is 0 e. The van der Waals surface area contributed by atoms with Crippen molar-refractivity contribution in [2.45, 2.75) is 0 Å². The van der Waals surface area contributed by atoms with Gasteiger partial charge in [-0.15, -0.1) is 0 Å². The van der Waals surface area contributed by atoms with Crippen LogP contribution in [0.1, 0.15) is 0 Å². The molecule has 0 saturated heterocycles.